The van der Waals surface area contributed by atoms with E-state index in [0.29, 0.717) is 47.3 Å². The van der Waals surface area contributed by atoms with Gasteiger partial charge >= 0.3 is 5.97 Å². The maximum absolute atomic E-state index is 12.4. The van der Waals surface area contributed by atoms with Gasteiger partial charge in [-0.2, -0.15) is 0 Å². The summed E-state index contributed by atoms with van der Waals surface area (Å²) in [5.41, 5.74) is 2.49. The fraction of sp³-hybridized carbons (Fsp3) is 0.200. The Hall–Kier alpha value is -4.20. The molecule has 1 aliphatic heterocycles. The molecule has 8 heteroatoms. The minimum atomic E-state index is -0.526. The molecule has 1 amide bonds. The van der Waals surface area contributed by atoms with Crippen LogP contribution in [0.5, 0.6) is 17.2 Å². The summed E-state index contributed by atoms with van der Waals surface area (Å²) in [6, 6.07) is 16.4. The molecule has 0 aliphatic carbocycles. The van der Waals surface area contributed by atoms with Gasteiger partial charge in [-0.25, -0.2) is 0 Å². The maximum atomic E-state index is 12.4. The molecule has 3 aromatic carbocycles. The Morgan fingerprint density at radius 1 is 0.939 bits per heavy atom. The van der Waals surface area contributed by atoms with Gasteiger partial charge in [-0.05, 0) is 29.8 Å². The molecule has 8 nitrogen and oxygen atoms in total. The van der Waals surface area contributed by atoms with Crippen molar-refractivity contribution in [2.24, 2.45) is 0 Å². The van der Waals surface area contributed by atoms with Crippen LogP contribution in [0.3, 0.4) is 0 Å². The van der Waals surface area contributed by atoms with Crippen LogP contribution in [0.15, 0.2) is 59.0 Å². The molecule has 4 aromatic rings. The second kappa shape index (κ2) is 8.74. The molecule has 0 saturated heterocycles. The number of ether oxygens (including phenoxy) is 4. The van der Waals surface area contributed by atoms with Crippen LogP contribution >= 0.6 is 0 Å². The zero-order valence-corrected chi connectivity index (χ0v) is 17.9. The summed E-state index contributed by atoms with van der Waals surface area (Å²) >= 11 is 0. The van der Waals surface area contributed by atoms with Gasteiger partial charge < -0.3 is 28.7 Å². The van der Waals surface area contributed by atoms with Gasteiger partial charge in [0.1, 0.15) is 30.1 Å². The third kappa shape index (κ3) is 4.27. The monoisotopic (exact) mass is 447 g/mol. The van der Waals surface area contributed by atoms with Crippen molar-refractivity contribution in [3.05, 3.63) is 60.2 Å². The van der Waals surface area contributed by atoms with Crippen molar-refractivity contribution in [2.45, 2.75) is 6.42 Å². The van der Waals surface area contributed by atoms with Crippen molar-refractivity contribution in [1.29, 1.82) is 0 Å². The van der Waals surface area contributed by atoms with Gasteiger partial charge in [0.25, 0.3) is 5.91 Å². The molecule has 0 spiro atoms. The van der Waals surface area contributed by atoms with E-state index in [0.717, 1.165) is 16.4 Å². The summed E-state index contributed by atoms with van der Waals surface area (Å²) in [6.45, 7) is 0.534. The average Bonchev–Trinajstić information content (AvgIpc) is 3.19. The Morgan fingerprint density at radius 3 is 2.61 bits per heavy atom. The van der Waals surface area contributed by atoms with Crippen LogP contribution in [-0.2, 0) is 20.7 Å². The number of anilines is 1. The summed E-state index contributed by atoms with van der Waals surface area (Å²) < 4.78 is 27.4. The fourth-order valence-corrected chi connectivity index (χ4v) is 3.77. The number of nitrogens with one attached hydrogen (secondary N) is 1. The van der Waals surface area contributed by atoms with Crippen molar-refractivity contribution in [2.75, 3.05) is 32.2 Å². The SMILES string of the molecule is COc1cc2c(cc1NC(=O)COC(=O)Cc1ccc3c(c1)OCCO3)oc1ccccc12. The molecular formula is C25H21NO7. The standard InChI is InChI=1S/C25H21NO7/c1-29-22-12-17-16-4-2-3-5-19(16)33-21(17)13-18(22)26-24(27)14-32-25(28)11-15-6-7-20-23(10-15)31-9-8-30-20/h2-7,10,12-13H,8-9,11,14H2,1H3,(H,26,27). The Bertz CT molecular complexity index is 1360. The summed E-state index contributed by atoms with van der Waals surface area (Å²) in [6.07, 6.45) is 0.0121. The molecule has 0 atom stereocenters. The Morgan fingerprint density at radius 2 is 1.76 bits per heavy atom. The lowest BCUT2D eigenvalue weighted by Gasteiger charge is -2.18. The molecule has 0 saturated carbocycles. The first-order valence-corrected chi connectivity index (χ1v) is 10.4. The largest absolute Gasteiger partial charge is 0.495 e. The van der Waals surface area contributed by atoms with Gasteiger partial charge in [0.2, 0.25) is 0 Å². The normalized spacial score (nSPS) is 12.5. The van der Waals surface area contributed by atoms with E-state index in [4.69, 9.17) is 23.4 Å². The molecule has 0 radical (unpaired) electrons. The highest BCUT2D eigenvalue weighted by Gasteiger charge is 2.17. The topological polar surface area (TPSA) is 96.2 Å². The van der Waals surface area contributed by atoms with E-state index >= 15 is 0 Å². The lowest BCUT2D eigenvalue weighted by Crippen LogP contribution is -2.22. The molecular weight excluding hydrogens is 426 g/mol. The number of benzene rings is 3. The van der Waals surface area contributed by atoms with Gasteiger partial charge in [-0.15, -0.1) is 0 Å². The number of esters is 1. The summed E-state index contributed by atoms with van der Waals surface area (Å²) in [5.74, 6) is 0.705. The van der Waals surface area contributed by atoms with Crippen LogP contribution in [0.4, 0.5) is 5.69 Å². The number of methoxy groups -OCH3 is 1. The van der Waals surface area contributed by atoms with E-state index in [9.17, 15) is 9.59 Å². The van der Waals surface area contributed by atoms with Crippen LogP contribution in [0.25, 0.3) is 21.9 Å². The van der Waals surface area contributed by atoms with Crippen molar-refractivity contribution >= 4 is 39.5 Å². The average molecular weight is 447 g/mol. The quantitative estimate of drug-likeness (QED) is 0.445. The zero-order chi connectivity index (χ0) is 22.8. The van der Waals surface area contributed by atoms with Crippen LogP contribution < -0.4 is 19.5 Å². The Balaban J connectivity index is 1.23. The Kier molecular flexibility index (Phi) is 5.48. The molecule has 2 heterocycles. The van der Waals surface area contributed by atoms with Crippen LogP contribution in [0, 0.1) is 0 Å². The second-order valence-electron chi connectivity index (χ2n) is 7.51. The molecule has 0 fully saturated rings. The predicted octanol–water partition coefficient (Wildman–Crippen LogP) is 4.09. The van der Waals surface area contributed by atoms with Crippen LogP contribution in [-0.4, -0.2) is 38.8 Å². The number of furan rings is 1. The van der Waals surface area contributed by atoms with E-state index in [1.54, 1.807) is 24.3 Å². The predicted molar refractivity (Wildman–Crippen MR) is 121 cm³/mol. The third-order valence-electron chi connectivity index (χ3n) is 5.29. The molecule has 168 valence electrons. The Labute approximate surface area is 189 Å². The molecule has 5 rings (SSSR count). The maximum Gasteiger partial charge on any atom is 0.310 e. The molecule has 0 bridgehead atoms. The number of hydrogen-bond acceptors (Lipinski definition) is 7. The highest BCUT2D eigenvalue weighted by atomic mass is 16.6. The number of amides is 1. The van der Waals surface area contributed by atoms with E-state index < -0.39 is 18.5 Å². The van der Waals surface area contributed by atoms with Crippen molar-refractivity contribution in [3.63, 3.8) is 0 Å². The number of hydrogen-bond donors (Lipinski definition) is 1. The highest BCUT2D eigenvalue weighted by molar-refractivity contribution is 6.07. The minimum Gasteiger partial charge on any atom is -0.495 e. The van der Waals surface area contributed by atoms with Gasteiger partial charge in [0.15, 0.2) is 18.1 Å². The zero-order valence-electron chi connectivity index (χ0n) is 17.9. The fourth-order valence-electron chi connectivity index (χ4n) is 3.77. The number of para-hydroxylation sites is 1. The first-order valence-electron chi connectivity index (χ1n) is 10.4. The third-order valence-corrected chi connectivity index (χ3v) is 5.29. The lowest BCUT2D eigenvalue weighted by atomic mass is 10.1. The molecule has 1 aromatic heterocycles. The van der Waals surface area contributed by atoms with Gasteiger partial charge in [0, 0.05) is 16.8 Å². The molecule has 0 unspecified atom stereocenters. The van der Waals surface area contributed by atoms with Gasteiger partial charge in [-0.3, -0.25) is 9.59 Å². The molecule has 1 N–H and O–H groups in total. The van der Waals surface area contributed by atoms with E-state index in [2.05, 4.69) is 5.32 Å². The summed E-state index contributed by atoms with van der Waals surface area (Å²) in [7, 11) is 1.52. The van der Waals surface area contributed by atoms with E-state index in [1.807, 2.05) is 30.3 Å². The number of fused-ring (bicyclic) bond motifs is 4. The van der Waals surface area contributed by atoms with Gasteiger partial charge in [-0.1, -0.05) is 24.3 Å². The lowest BCUT2D eigenvalue weighted by molar-refractivity contribution is -0.146. The first-order chi connectivity index (χ1) is 16.1. The van der Waals surface area contributed by atoms with E-state index in [1.165, 1.54) is 7.11 Å². The first kappa shape index (κ1) is 20.7. The van der Waals surface area contributed by atoms with Gasteiger partial charge in [0.05, 0.1) is 19.2 Å². The summed E-state index contributed by atoms with van der Waals surface area (Å²) in [5, 5.41) is 4.56. The van der Waals surface area contributed by atoms with Crippen LogP contribution in [0.2, 0.25) is 0 Å². The number of carbonyl (C=O) groups is 2. The van der Waals surface area contributed by atoms with Crippen LogP contribution in [0.1, 0.15) is 5.56 Å². The molecule has 1 aliphatic rings. The summed E-state index contributed by atoms with van der Waals surface area (Å²) in [4.78, 5) is 24.6. The highest BCUT2D eigenvalue weighted by Crippen LogP contribution is 2.36. The van der Waals surface area contributed by atoms with Crippen molar-refractivity contribution in [1.82, 2.24) is 0 Å². The van der Waals surface area contributed by atoms with E-state index in [-0.39, 0.29) is 6.42 Å². The van der Waals surface area contributed by atoms with Crippen molar-refractivity contribution in [3.8, 4) is 17.2 Å². The van der Waals surface area contributed by atoms with Crippen molar-refractivity contribution < 1.29 is 33.0 Å². The second-order valence-corrected chi connectivity index (χ2v) is 7.51. The number of carbonyl (C=O) groups excluding carboxylic acids is 2. The smallest absolute Gasteiger partial charge is 0.310 e. The molecule has 33 heavy (non-hydrogen) atoms. The minimum absolute atomic E-state index is 0.0121. The number of rotatable bonds is 6.